The lowest BCUT2D eigenvalue weighted by atomic mass is 10.1. The molecule has 3 heterocycles. The SMILES string of the molecule is CCOC(C)n1cc(-c2ncn3nc(Nc4ccc(S(=O)(=O)c5cccc(C(C)OS(C)(=O)=O)c5)cc4F)nc3c2OC(C)C)cn1. The largest absolute Gasteiger partial charge is 0.485 e. The quantitative estimate of drug-likeness (QED) is 0.163. The molecule has 2 unspecified atom stereocenters. The van der Waals surface area contributed by atoms with Gasteiger partial charge in [0.25, 0.3) is 10.1 Å². The van der Waals surface area contributed by atoms with Gasteiger partial charge in [-0.2, -0.15) is 23.0 Å². The number of benzene rings is 2. The molecule has 0 aliphatic carbocycles. The van der Waals surface area contributed by atoms with Crippen molar-refractivity contribution in [1.82, 2.24) is 29.4 Å². The van der Waals surface area contributed by atoms with E-state index >= 15 is 4.39 Å². The van der Waals surface area contributed by atoms with Crippen molar-refractivity contribution in [3.8, 4) is 17.0 Å². The van der Waals surface area contributed by atoms with Crippen molar-refractivity contribution < 1.29 is 34.9 Å². The molecule has 0 aliphatic rings. The van der Waals surface area contributed by atoms with Gasteiger partial charge >= 0.3 is 0 Å². The molecule has 0 bridgehead atoms. The van der Waals surface area contributed by atoms with Gasteiger partial charge in [-0.1, -0.05) is 12.1 Å². The number of sulfone groups is 1. The van der Waals surface area contributed by atoms with Crippen LogP contribution in [0.15, 0.2) is 71.0 Å². The third-order valence-corrected chi connectivity index (χ3v) is 9.20. The maximum absolute atomic E-state index is 15.4. The zero-order valence-corrected chi connectivity index (χ0v) is 28.1. The van der Waals surface area contributed by atoms with Gasteiger partial charge in [0.2, 0.25) is 21.4 Å². The van der Waals surface area contributed by atoms with Gasteiger partial charge in [0, 0.05) is 18.4 Å². The Labute approximate surface area is 271 Å². The van der Waals surface area contributed by atoms with Crippen LogP contribution in [0.3, 0.4) is 0 Å². The minimum absolute atomic E-state index is 0.0142. The molecule has 2 atom stereocenters. The standard InChI is InChI=1S/C30H34FN7O7S2/c1-7-43-20(5)37-16-22(15-33-37)27-28(44-18(2)3)29-35-30(36-38(29)17-32-27)34-26-12-11-24(14-25(26)31)47(41,42)23-10-8-9-21(13-23)19(4)45-46(6,39)40/h8-20H,7H2,1-6H3,(H,34,36). The summed E-state index contributed by atoms with van der Waals surface area (Å²) in [5.41, 5.74) is 1.69. The average molecular weight is 688 g/mol. The average Bonchev–Trinajstić information content (AvgIpc) is 3.65. The lowest BCUT2D eigenvalue weighted by Crippen LogP contribution is -2.10. The summed E-state index contributed by atoms with van der Waals surface area (Å²) in [6.45, 7) is 9.48. The van der Waals surface area contributed by atoms with E-state index in [1.807, 2.05) is 27.7 Å². The molecule has 3 aromatic heterocycles. The van der Waals surface area contributed by atoms with Gasteiger partial charge in [-0.25, -0.2) is 22.5 Å². The maximum atomic E-state index is 15.4. The van der Waals surface area contributed by atoms with Crippen molar-refractivity contribution in [3.63, 3.8) is 0 Å². The van der Waals surface area contributed by atoms with Crippen LogP contribution in [0, 0.1) is 5.82 Å². The summed E-state index contributed by atoms with van der Waals surface area (Å²) in [7, 11) is -7.95. The predicted octanol–water partition coefficient (Wildman–Crippen LogP) is 5.08. The summed E-state index contributed by atoms with van der Waals surface area (Å²) in [4.78, 5) is 8.58. The molecule has 0 saturated heterocycles. The minimum Gasteiger partial charge on any atom is -0.485 e. The molecule has 5 rings (SSSR count). The molecule has 0 aliphatic heterocycles. The zero-order valence-electron chi connectivity index (χ0n) is 26.4. The van der Waals surface area contributed by atoms with Crippen LogP contribution < -0.4 is 10.1 Å². The molecule has 0 fully saturated rings. The van der Waals surface area contributed by atoms with Gasteiger partial charge in [0.05, 0.1) is 40.1 Å². The highest BCUT2D eigenvalue weighted by molar-refractivity contribution is 7.91. The van der Waals surface area contributed by atoms with Crippen LogP contribution >= 0.6 is 0 Å². The van der Waals surface area contributed by atoms with E-state index in [-0.39, 0.29) is 33.8 Å². The number of nitrogens with zero attached hydrogens (tertiary/aromatic N) is 6. The summed E-state index contributed by atoms with van der Waals surface area (Å²) in [6, 6.07) is 9.00. The molecule has 250 valence electrons. The molecule has 17 heteroatoms. The van der Waals surface area contributed by atoms with Crippen molar-refractivity contribution in [2.24, 2.45) is 0 Å². The normalized spacial score (nSPS) is 13.6. The minimum atomic E-state index is -4.17. The van der Waals surface area contributed by atoms with Gasteiger partial charge in [-0.15, -0.1) is 5.10 Å². The predicted molar refractivity (Wildman–Crippen MR) is 170 cm³/mol. The van der Waals surface area contributed by atoms with Gasteiger partial charge in [-0.05, 0) is 70.5 Å². The number of ether oxygens (including phenoxy) is 2. The zero-order chi connectivity index (χ0) is 34.1. The molecule has 14 nitrogen and oxygen atoms in total. The van der Waals surface area contributed by atoms with E-state index in [9.17, 15) is 16.8 Å². The van der Waals surface area contributed by atoms with Gasteiger partial charge in [0.1, 0.15) is 24.1 Å². The Morgan fingerprint density at radius 2 is 1.77 bits per heavy atom. The van der Waals surface area contributed by atoms with Crippen molar-refractivity contribution in [3.05, 3.63) is 72.6 Å². The summed E-state index contributed by atoms with van der Waals surface area (Å²) >= 11 is 0. The van der Waals surface area contributed by atoms with Crippen LogP contribution in [0.1, 0.15) is 52.5 Å². The molecular weight excluding hydrogens is 654 g/mol. The number of aromatic nitrogens is 6. The van der Waals surface area contributed by atoms with Gasteiger partial charge in [0.15, 0.2) is 5.75 Å². The molecule has 0 spiro atoms. The van der Waals surface area contributed by atoms with E-state index < -0.39 is 31.9 Å². The fraction of sp³-hybridized carbons (Fsp3) is 0.333. The number of anilines is 2. The molecule has 5 aromatic rings. The lowest BCUT2D eigenvalue weighted by molar-refractivity contribution is 0.0160. The molecule has 1 N–H and O–H groups in total. The van der Waals surface area contributed by atoms with Crippen LogP contribution in [0.25, 0.3) is 16.9 Å². The highest BCUT2D eigenvalue weighted by Crippen LogP contribution is 2.34. The summed E-state index contributed by atoms with van der Waals surface area (Å²) < 4.78 is 84.9. The van der Waals surface area contributed by atoms with Crippen LogP contribution in [0.5, 0.6) is 5.75 Å². The van der Waals surface area contributed by atoms with Crippen molar-refractivity contribution in [2.45, 2.75) is 62.8 Å². The Bertz CT molecular complexity index is 2130. The van der Waals surface area contributed by atoms with Crippen molar-refractivity contribution >= 4 is 37.2 Å². The van der Waals surface area contributed by atoms with Crippen molar-refractivity contribution in [1.29, 1.82) is 0 Å². The third-order valence-electron chi connectivity index (χ3n) is 6.81. The molecule has 0 amide bonds. The number of nitrogens with one attached hydrogen (secondary N) is 1. The fourth-order valence-corrected chi connectivity index (χ4v) is 6.65. The van der Waals surface area contributed by atoms with Crippen LogP contribution in [-0.2, 0) is 28.9 Å². The molecule has 47 heavy (non-hydrogen) atoms. The summed E-state index contributed by atoms with van der Waals surface area (Å²) in [6.07, 6.45) is 4.31. The number of fused-ring (bicyclic) bond motifs is 1. The second kappa shape index (κ2) is 13.3. The lowest BCUT2D eigenvalue weighted by Gasteiger charge is -2.13. The first-order valence-electron chi connectivity index (χ1n) is 14.5. The number of hydrogen-bond donors (Lipinski definition) is 1. The number of halogens is 1. The van der Waals surface area contributed by atoms with Crippen LogP contribution in [0.4, 0.5) is 16.0 Å². The van der Waals surface area contributed by atoms with E-state index in [0.29, 0.717) is 34.8 Å². The second-order valence-corrected chi connectivity index (χ2v) is 14.4. The Balaban J connectivity index is 1.43. The van der Waals surface area contributed by atoms with E-state index in [0.717, 1.165) is 12.3 Å². The first kappa shape index (κ1) is 33.9. The Morgan fingerprint density at radius 1 is 1.02 bits per heavy atom. The molecular formula is C30H34FN7O7S2. The molecule has 0 radical (unpaired) electrons. The maximum Gasteiger partial charge on any atom is 0.264 e. The first-order valence-corrected chi connectivity index (χ1v) is 17.8. The van der Waals surface area contributed by atoms with E-state index in [2.05, 4.69) is 25.5 Å². The van der Waals surface area contributed by atoms with Gasteiger partial charge < -0.3 is 14.8 Å². The smallest absolute Gasteiger partial charge is 0.264 e. The second-order valence-electron chi connectivity index (χ2n) is 10.8. The topological polar surface area (TPSA) is 169 Å². The first-order chi connectivity index (χ1) is 22.2. The third kappa shape index (κ3) is 7.59. The Hall–Kier alpha value is -4.45. The van der Waals surface area contributed by atoms with E-state index in [4.69, 9.17) is 13.7 Å². The summed E-state index contributed by atoms with van der Waals surface area (Å²) in [5.74, 6) is -0.518. The van der Waals surface area contributed by atoms with E-state index in [1.165, 1.54) is 54.2 Å². The van der Waals surface area contributed by atoms with Crippen LogP contribution in [-0.4, -0.2) is 65.2 Å². The number of hydrogen-bond acceptors (Lipinski definition) is 12. The number of rotatable bonds is 13. The van der Waals surface area contributed by atoms with Crippen molar-refractivity contribution in [2.75, 3.05) is 18.2 Å². The van der Waals surface area contributed by atoms with Gasteiger partial charge in [-0.3, -0.25) is 4.18 Å². The monoisotopic (exact) mass is 687 g/mol. The Kier molecular flexibility index (Phi) is 9.63. The molecule has 2 aromatic carbocycles. The highest BCUT2D eigenvalue weighted by Gasteiger charge is 2.24. The van der Waals surface area contributed by atoms with Crippen LogP contribution in [0.2, 0.25) is 0 Å². The fourth-order valence-electron chi connectivity index (χ4n) is 4.69. The molecule has 0 saturated carbocycles. The Morgan fingerprint density at radius 3 is 2.45 bits per heavy atom. The summed E-state index contributed by atoms with van der Waals surface area (Å²) in [5, 5.41) is 11.5. The highest BCUT2D eigenvalue weighted by atomic mass is 32.2. The van der Waals surface area contributed by atoms with E-state index in [1.54, 1.807) is 17.1 Å².